The summed E-state index contributed by atoms with van der Waals surface area (Å²) in [6.45, 7) is 0.600. The summed E-state index contributed by atoms with van der Waals surface area (Å²) in [7, 11) is 1.78. The Morgan fingerprint density at radius 3 is 3.00 bits per heavy atom. The normalized spacial score (nSPS) is 25.1. The zero-order valence-electron chi connectivity index (χ0n) is 10.0. The van der Waals surface area contributed by atoms with Gasteiger partial charge in [0.2, 0.25) is 0 Å². The maximum Gasteiger partial charge on any atom is 0.119 e. The summed E-state index contributed by atoms with van der Waals surface area (Å²) in [5.41, 5.74) is 0.939. The Morgan fingerprint density at radius 2 is 2.29 bits per heavy atom. The fraction of sp³-hybridized carbons (Fsp3) is 0.750. The first-order chi connectivity index (χ1) is 8.31. The largest absolute Gasteiger partial charge is 0.381 e. The average Bonchev–Trinajstić information content (AvgIpc) is 2.84. The standard InChI is InChI=1S/C12H18ClNO2S/c1-15-10-3-2-4-11(5-10)16-7-12-14-9(6-13)8-17-12/h8,10-11H,2-7H2,1H3. The lowest BCUT2D eigenvalue weighted by Crippen LogP contribution is -2.27. The Bertz CT molecular complexity index is 345. The highest BCUT2D eigenvalue weighted by Crippen LogP contribution is 2.24. The molecule has 17 heavy (non-hydrogen) atoms. The van der Waals surface area contributed by atoms with Gasteiger partial charge < -0.3 is 9.47 Å². The smallest absolute Gasteiger partial charge is 0.119 e. The Morgan fingerprint density at radius 1 is 1.47 bits per heavy atom. The van der Waals surface area contributed by atoms with Crippen molar-refractivity contribution in [2.45, 2.75) is 50.4 Å². The van der Waals surface area contributed by atoms with Crippen LogP contribution in [-0.2, 0) is 22.0 Å². The van der Waals surface area contributed by atoms with Crippen molar-refractivity contribution in [1.29, 1.82) is 0 Å². The maximum absolute atomic E-state index is 5.88. The molecule has 2 unspecified atom stereocenters. The molecule has 0 N–H and O–H groups in total. The number of rotatable bonds is 5. The molecule has 2 rings (SSSR count). The van der Waals surface area contributed by atoms with Gasteiger partial charge in [-0.25, -0.2) is 4.98 Å². The third kappa shape index (κ3) is 3.91. The summed E-state index contributed by atoms with van der Waals surface area (Å²) in [6, 6.07) is 0. The molecule has 0 amide bonds. The van der Waals surface area contributed by atoms with Crippen LogP contribution in [0, 0.1) is 0 Å². The van der Waals surface area contributed by atoms with Crippen LogP contribution in [0.2, 0.25) is 0 Å². The second-order valence-corrected chi connectivity index (χ2v) is 5.53. The molecule has 1 aromatic rings. The van der Waals surface area contributed by atoms with Crippen LogP contribution in [0.4, 0.5) is 0 Å². The third-order valence-electron chi connectivity index (χ3n) is 3.09. The molecule has 1 aliphatic carbocycles. The summed E-state index contributed by atoms with van der Waals surface area (Å²) in [5, 5.41) is 3.00. The lowest BCUT2D eigenvalue weighted by Gasteiger charge is -2.27. The van der Waals surface area contributed by atoms with Gasteiger partial charge in [-0.05, 0) is 25.7 Å². The van der Waals surface area contributed by atoms with Gasteiger partial charge in [0.15, 0.2) is 0 Å². The highest BCUT2D eigenvalue weighted by molar-refractivity contribution is 7.09. The Balaban J connectivity index is 1.77. The lowest BCUT2D eigenvalue weighted by atomic mass is 9.95. The summed E-state index contributed by atoms with van der Waals surface area (Å²) >= 11 is 7.33. The first-order valence-electron chi connectivity index (χ1n) is 5.95. The van der Waals surface area contributed by atoms with Crippen molar-refractivity contribution in [3.05, 3.63) is 16.1 Å². The van der Waals surface area contributed by atoms with Crippen molar-refractivity contribution in [2.24, 2.45) is 0 Å². The van der Waals surface area contributed by atoms with E-state index in [4.69, 9.17) is 21.1 Å². The van der Waals surface area contributed by atoms with Crippen molar-refractivity contribution >= 4 is 22.9 Å². The van der Waals surface area contributed by atoms with Crippen molar-refractivity contribution in [3.63, 3.8) is 0 Å². The molecule has 2 atom stereocenters. The van der Waals surface area contributed by atoms with E-state index in [9.17, 15) is 0 Å². The van der Waals surface area contributed by atoms with Crippen molar-refractivity contribution in [1.82, 2.24) is 4.98 Å². The predicted octanol–water partition coefficient (Wildman–Crippen LogP) is 3.36. The monoisotopic (exact) mass is 275 g/mol. The molecule has 5 heteroatoms. The van der Waals surface area contributed by atoms with Gasteiger partial charge in [0.05, 0.1) is 30.4 Å². The molecular formula is C12H18ClNO2S. The molecule has 1 aromatic heterocycles. The number of aromatic nitrogens is 1. The molecular weight excluding hydrogens is 258 g/mol. The Labute approximate surface area is 111 Å². The minimum absolute atomic E-state index is 0.317. The van der Waals surface area contributed by atoms with E-state index in [1.807, 2.05) is 5.38 Å². The Hall–Kier alpha value is -0.160. The molecule has 1 heterocycles. The van der Waals surface area contributed by atoms with Crippen LogP contribution in [0.25, 0.3) is 0 Å². The number of nitrogens with zero attached hydrogens (tertiary/aromatic N) is 1. The van der Waals surface area contributed by atoms with Gasteiger partial charge >= 0.3 is 0 Å². The predicted molar refractivity (Wildman–Crippen MR) is 69.5 cm³/mol. The number of halogens is 1. The topological polar surface area (TPSA) is 31.4 Å². The third-order valence-corrected chi connectivity index (χ3v) is 4.24. The molecule has 1 saturated carbocycles. The van der Waals surface area contributed by atoms with Gasteiger partial charge in [-0.15, -0.1) is 22.9 Å². The number of thiazole rings is 1. The molecule has 3 nitrogen and oxygen atoms in total. The second kappa shape index (κ2) is 6.69. The Kier molecular flexibility index (Phi) is 5.22. The summed E-state index contributed by atoms with van der Waals surface area (Å²) < 4.78 is 11.3. The van der Waals surface area contributed by atoms with Gasteiger partial charge in [-0.1, -0.05) is 0 Å². The molecule has 0 spiro atoms. The van der Waals surface area contributed by atoms with E-state index in [-0.39, 0.29) is 0 Å². The highest BCUT2D eigenvalue weighted by atomic mass is 35.5. The van der Waals surface area contributed by atoms with Crippen LogP contribution in [0.3, 0.4) is 0 Å². The average molecular weight is 276 g/mol. The van der Waals surface area contributed by atoms with E-state index >= 15 is 0 Å². The maximum atomic E-state index is 5.88. The zero-order chi connectivity index (χ0) is 12.1. The first kappa shape index (κ1) is 13.3. The molecule has 0 bridgehead atoms. The minimum atomic E-state index is 0.317. The van der Waals surface area contributed by atoms with E-state index in [1.54, 1.807) is 18.4 Å². The first-order valence-corrected chi connectivity index (χ1v) is 7.37. The van der Waals surface area contributed by atoms with Gasteiger partial charge in [-0.3, -0.25) is 0 Å². The van der Waals surface area contributed by atoms with Crippen LogP contribution in [0.15, 0.2) is 5.38 Å². The van der Waals surface area contributed by atoms with E-state index < -0.39 is 0 Å². The molecule has 0 aliphatic heterocycles. The van der Waals surface area contributed by atoms with Crippen molar-refractivity contribution in [3.8, 4) is 0 Å². The van der Waals surface area contributed by atoms with Gasteiger partial charge in [0.1, 0.15) is 5.01 Å². The molecule has 1 aliphatic rings. The van der Waals surface area contributed by atoms with Gasteiger partial charge in [-0.2, -0.15) is 0 Å². The van der Waals surface area contributed by atoms with Crippen LogP contribution < -0.4 is 0 Å². The fourth-order valence-corrected chi connectivity index (χ4v) is 3.08. The summed E-state index contributed by atoms with van der Waals surface area (Å²) in [5.74, 6) is 0.478. The zero-order valence-corrected chi connectivity index (χ0v) is 11.6. The van der Waals surface area contributed by atoms with E-state index in [0.717, 1.165) is 30.0 Å². The van der Waals surface area contributed by atoms with E-state index in [2.05, 4.69) is 4.98 Å². The number of alkyl halides is 1. The number of ether oxygens (including phenoxy) is 2. The van der Waals surface area contributed by atoms with E-state index in [1.165, 1.54) is 6.42 Å². The quantitative estimate of drug-likeness (QED) is 0.772. The number of hydrogen-bond donors (Lipinski definition) is 0. The molecule has 0 saturated heterocycles. The molecule has 0 radical (unpaired) electrons. The molecule has 0 aromatic carbocycles. The summed E-state index contributed by atoms with van der Waals surface area (Å²) in [4.78, 5) is 4.38. The minimum Gasteiger partial charge on any atom is -0.381 e. The van der Waals surface area contributed by atoms with Crippen LogP contribution in [-0.4, -0.2) is 24.3 Å². The van der Waals surface area contributed by atoms with Gasteiger partial charge in [0.25, 0.3) is 0 Å². The van der Waals surface area contributed by atoms with Gasteiger partial charge in [0, 0.05) is 12.5 Å². The van der Waals surface area contributed by atoms with Crippen LogP contribution in [0.5, 0.6) is 0 Å². The lowest BCUT2D eigenvalue weighted by molar-refractivity contribution is -0.0363. The second-order valence-electron chi connectivity index (χ2n) is 4.32. The number of methoxy groups -OCH3 is 1. The van der Waals surface area contributed by atoms with Crippen LogP contribution >= 0.6 is 22.9 Å². The van der Waals surface area contributed by atoms with Crippen molar-refractivity contribution < 1.29 is 9.47 Å². The number of hydrogen-bond acceptors (Lipinski definition) is 4. The molecule has 96 valence electrons. The van der Waals surface area contributed by atoms with Crippen molar-refractivity contribution in [2.75, 3.05) is 7.11 Å². The SMILES string of the molecule is COC1CCCC(OCc2nc(CCl)cs2)C1. The van der Waals surface area contributed by atoms with E-state index in [0.29, 0.717) is 24.7 Å². The molecule has 1 fully saturated rings. The highest BCUT2D eigenvalue weighted by Gasteiger charge is 2.22. The van der Waals surface area contributed by atoms with Crippen LogP contribution in [0.1, 0.15) is 36.4 Å². The fourth-order valence-electron chi connectivity index (χ4n) is 2.13. The summed E-state index contributed by atoms with van der Waals surface area (Å²) in [6.07, 6.45) is 5.16.